The van der Waals surface area contributed by atoms with Crippen molar-refractivity contribution in [1.29, 1.82) is 0 Å². The molecule has 3 atom stereocenters. The molecule has 7 N–H and O–H groups in total. The molecule has 108 valence electrons. The average molecular weight is 286 g/mol. The molecule has 0 saturated carbocycles. The molecule has 2 aromatic heterocycles. The molecule has 0 bridgehead atoms. The Bertz CT molecular complexity index is 698. The minimum absolute atomic E-state index is 0.0395. The Morgan fingerprint density at radius 1 is 1.45 bits per heavy atom. The molecule has 0 aromatic carbocycles. The van der Waals surface area contributed by atoms with Crippen molar-refractivity contribution in [1.82, 2.24) is 35.7 Å². The first-order valence-electron chi connectivity index (χ1n) is 5.35. The van der Waals surface area contributed by atoms with Crippen molar-refractivity contribution >= 4 is 17.1 Å². The third-order valence-electron chi connectivity index (χ3n) is 2.75. The number of nitrogens with two attached hydrogens (primary N) is 1. The molecule has 13 nitrogen and oxygen atoms in total. The van der Waals surface area contributed by atoms with Crippen LogP contribution in [-0.2, 0) is 4.84 Å². The first-order chi connectivity index (χ1) is 9.52. The molecule has 0 unspecified atom stereocenters. The zero-order valence-corrected chi connectivity index (χ0v) is 9.70. The number of aliphatic hydroxyl groups excluding tert-OH is 2. The van der Waals surface area contributed by atoms with Crippen molar-refractivity contribution in [3.63, 3.8) is 0 Å². The molecule has 0 spiro atoms. The van der Waals surface area contributed by atoms with E-state index in [1.165, 1.54) is 5.59 Å². The van der Waals surface area contributed by atoms with Gasteiger partial charge in [-0.25, -0.2) is 4.84 Å². The number of fused-ring (bicyclic) bond motifs is 1. The minimum atomic E-state index is -1.57. The SMILES string of the molecule is Nc1nc2c(nnn2[C@@H]2ON(NO)[C@@H](O)[C@H]2O)c(=O)[nH]1. The summed E-state index contributed by atoms with van der Waals surface area (Å²) in [7, 11) is 0. The van der Waals surface area contributed by atoms with E-state index >= 15 is 0 Å². The fourth-order valence-corrected chi connectivity index (χ4v) is 1.83. The Hall–Kier alpha value is -2.16. The summed E-state index contributed by atoms with van der Waals surface area (Å²) < 4.78 is 0.964. The first kappa shape index (κ1) is 12.9. The largest absolute Gasteiger partial charge is 0.384 e. The molecule has 13 heteroatoms. The number of hydrogen-bond acceptors (Lipinski definition) is 11. The molecule has 3 rings (SSSR count). The Kier molecular flexibility index (Phi) is 2.85. The Labute approximate surface area is 109 Å². The maximum atomic E-state index is 11.6. The van der Waals surface area contributed by atoms with Crippen LogP contribution in [0.5, 0.6) is 0 Å². The van der Waals surface area contributed by atoms with E-state index in [1.807, 2.05) is 0 Å². The predicted octanol–water partition coefficient (Wildman–Crippen LogP) is -3.58. The molecule has 2 aromatic rings. The molecule has 1 saturated heterocycles. The lowest BCUT2D eigenvalue weighted by molar-refractivity contribution is -0.298. The number of nitrogens with zero attached hydrogens (tertiary/aromatic N) is 5. The summed E-state index contributed by atoms with van der Waals surface area (Å²) in [5.41, 5.74) is 6.19. The van der Waals surface area contributed by atoms with Crippen LogP contribution in [0.4, 0.5) is 5.95 Å². The van der Waals surface area contributed by atoms with Crippen LogP contribution in [0.2, 0.25) is 0 Å². The van der Waals surface area contributed by atoms with Gasteiger partial charge in [0.25, 0.3) is 5.56 Å². The van der Waals surface area contributed by atoms with Crippen molar-refractivity contribution in [2.75, 3.05) is 5.73 Å². The molecule has 0 radical (unpaired) electrons. The van der Waals surface area contributed by atoms with Crippen LogP contribution in [0.25, 0.3) is 11.2 Å². The number of H-pyrrole nitrogens is 1. The number of hydroxylamine groups is 1. The average Bonchev–Trinajstić information content (AvgIpc) is 2.93. The molecule has 20 heavy (non-hydrogen) atoms. The van der Waals surface area contributed by atoms with Crippen LogP contribution in [0, 0.1) is 0 Å². The number of hydrogen-bond donors (Lipinski definition) is 6. The lowest BCUT2D eigenvalue weighted by Gasteiger charge is -2.14. The van der Waals surface area contributed by atoms with Crippen LogP contribution in [-0.4, -0.2) is 57.9 Å². The van der Waals surface area contributed by atoms with E-state index in [0.717, 1.165) is 4.68 Å². The second kappa shape index (κ2) is 4.44. The first-order valence-corrected chi connectivity index (χ1v) is 5.35. The summed E-state index contributed by atoms with van der Waals surface area (Å²) in [6.07, 6.45) is -4.31. The molecule has 1 fully saturated rings. The minimum Gasteiger partial charge on any atom is -0.384 e. The van der Waals surface area contributed by atoms with Gasteiger partial charge in [0, 0.05) is 0 Å². The maximum absolute atomic E-state index is 11.6. The van der Waals surface area contributed by atoms with Crippen molar-refractivity contribution in [3.8, 4) is 0 Å². The zero-order valence-electron chi connectivity index (χ0n) is 9.70. The quantitative estimate of drug-likeness (QED) is 0.299. The van der Waals surface area contributed by atoms with Gasteiger partial charge in [0.2, 0.25) is 12.2 Å². The van der Waals surface area contributed by atoms with Crippen LogP contribution >= 0.6 is 0 Å². The Balaban J connectivity index is 2.09. The highest BCUT2D eigenvalue weighted by molar-refractivity contribution is 5.69. The van der Waals surface area contributed by atoms with Crippen LogP contribution < -0.4 is 16.9 Å². The van der Waals surface area contributed by atoms with Crippen LogP contribution in [0.15, 0.2) is 4.79 Å². The van der Waals surface area contributed by atoms with Gasteiger partial charge < -0.3 is 15.9 Å². The number of anilines is 1. The molecule has 0 amide bonds. The van der Waals surface area contributed by atoms with Crippen molar-refractivity contribution < 1.29 is 20.3 Å². The van der Waals surface area contributed by atoms with Gasteiger partial charge in [-0.15, -0.1) is 10.7 Å². The second-order valence-electron chi connectivity index (χ2n) is 3.98. The van der Waals surface area contributed by atoms with E-state index in [0.29, 0.717) is 5.17 Å². The van der Waals surface area contributed by atoms with E-state index < -0.39 is 24.1 Å². The highest BCUT2D eigenvalue weighted by Gasteiger charge is 2.44. The summed E-state index contributed by atoms with van der Waals surface area (Å²) in [5.74, 6) is -0.170. The molecular weight excluding hydrogens is 276 g/mol. The number of rotatable bonds is 2. The van der Waals surface area contributed by atoms with Gasteiger partial charge in [0.1, 0.15) is 6.10 Å². The summed E-state index contributed by atoms with van der Waals surface area (Å²) in [6, 6.07) is 0. The van der Waals surface area contributed by atoms with E-state index in [-0.39, 0.29) is 17.1 Å². The topological polar surface area (TPSA) is 188 Å². The van der Waals surface area contributed by atoms with Crippen molar-refractivity contribution in [3.05, 3.63) is 10.4 Å². The summed E-state index contributed by atoms with van der Waals surface area (Å²) in [5, 5.41) is 35.8. The highest BCUT2D eigenvalue weighted by Crippen LogP contribution is 2.27. The fourth-order valence-electron chi connectivity index (χ4n) is 1.83. The number of hydrazine groups is 1. The number of aromatic nitrogens is 5. The normalized spacial score (nSPS) is 27.4. The molecular formula is C7H10N8O5. The summed E-state index contributed by atoms with van der Waals surface area (Å²) in [4.78, 5) is 22.7. The van der Waals surface area contributed by atoms with Gasteiger partial charge in [-0.05, 0) is 0 Å². The zero-order chi connectivity index (χ0) is 14.4. The molecule has 1 aliphatic heterocycles. The van der Waals surface area contributed by atoms with Gasteiger partial charge in [-0.1, -0.05) is 10.4 Å². The van der Waals surface area contributed by atoms with E-state index in [4.69, 9.17) is 15.8 Å². The number of nitrogen functional groups attached to an aromatic ring is 1. The van der Waals surface area contributed by atoms with E-state index in [1.54, 1.807) is 0 Å². The smallest absolute Gasteiger partial charge is 0.282 e. The Morgan fingerprint density at radius 3 is 2.85 bits per heavy atom. The van der Waals surface area contributed by atoms with E-state index in [2.05, 4.69) is 20.3 Å². The Morgan fingerprint density at radius 2 is 2.20 bits per heavy atom. The summed E-state index contributed by atoms with van der Waals surface area (Å²) >= 11 is 0. The second-order valence-corrected chi connectivity index (χ2v) is 3.98. The van der Waals surface area contributed by atoms with Gasteiger partial charge in [-0.2, -0.15) is 9.67 Å². The van der Waals surface area contributed by atoms with Crippen LogP contribution in [0.1, 0.15) is 6.23 Å². The molecule has 3 heterocycles. The van der Waals surface area contributed by atoms with Gasteiger partial charge >= 0.3 is 0 Å². The lowest BCUT2D eigenvalue weighted by Crippen LogP contribution is -2.42. The summed E-state index contributed by atoms with van der Waals surface area (Å²) in [6.45, 7) is 0. The standard InChI is InChI=1S/C7H10N8O5/c8-7-9-3-1(4(17)10-7)11-12-14(3)6-2(16)5(18)15(13-19)20-6/h2,5-6,13,16,18-19H,(H3,8,9,10,17)/t2-,5+,6-/m1/s1. The molecule has 0 aliphatic carbocycles. The van der Waals surface area contributed by atoms with Crippen molar-refractivity contribution in [2.45, 2.75) is 18.6 Å². The fraction of sp³-hybridized carbons (Fsp3) is 0.429. The predicted molar refractivity (Wildman–Crippen MR) is 59.3 cm³/mol. The van der Waals surface area contributed by atoms with Gasteiger partial charge in [0.15, 0.2) is 17.4 Å². The van der Waals surface area contributed by atoms with Crippen molar-refractivity contribution in [2.24, 2.45) is 0 Å². The number of aliphatic hydroxyl groups is 2. The monoisotopic (exact) mass is 286 g/mol. The number of nitrogens with one attached hydrogen (secondary N) is 2. The lowest BCUT2D eigenvalue weighted by atomic mass is 10.3. The third kappa shape index (κ3) is 1.73. The van der Waals surface area contributed by atoms with Gasteiger partial charge in [0.05, 0.1) is 0 Å². The molecule has 1 aliphatic rings. The highest BCUT2D eigenvalue weighted by atomic mass is 16.8. The van der Waals surface area contributed by atoms with Crippen LogP contribution in [0.3, 0.4) is 0 Å². The van der Waals surface area contributed by atoms with Gasteiger partial charge in [-0.3, -0.25) is 15.0 Å². The van der Waals surface area contributed by atoms with E-state index in [9.17, 15) is 15.0 Å². The number of aromatic amines is 1. The third-order valence-corrected chi connectivity index (χ3v) is 2.75. The maximum Gasteiger partial charge on any atom is 0.282 e.